The maximum Gasteiger partial charge on any atom is 0.285 e. The first-order valence-electron chi connectivity index (χ1n) is 12.9. The fourth-order valence-corrected chi connectivity index (χ4v) is 8.06. The van der Waals surface area contributed by atoms with Crippen molar-refractivity contribution in [1.29, 1.82) is 0 Å². The summed E-state index contributed by atoms with van der Waals surface area (Å²) in [6, 6.07) is 3.32. The molecule has 1 aromatic carbocycles. The number of nitrogens with zero attached hydrogens (tertiary/aromatic N) is 7. The first kappa shape index (κ1) is 27.8. The number of piperazine rings is 1. The van der Waals surface area contributed by atoms with Crippen LogP contribution in [0, 0.1) is 11.6 Å². The Morgan fingerprint density at radius 2 is 1.73 bits per heavy atom. The second-order valence-electron chi connectivity index (χ2n) is 10.6. The lowest BCUT2D eigenvalue weighted by Crippen LogP contribution is -2.66. The van der Waals surface area contributed by atoms with E-state index in [0.29, 0.717) is 25.6 Å². The van der Waals surface area contributed by atoms with E-state index < -0.39 is 42.5 Å². The van der Waals surface area contributed by atoms with Crippen LogP contribution in [0.4, 0.5) is 20.5 Å². The van der Waals surface area contributed by atoms with E-state index in [-0.39, 0.29) is 26.6 Å². The van der Waals surface area contributed by atoms with Gasteiger partial charge in [-0.2, -0.15) is 12.5 Å². The van der Waals surface area contributed by atoms with Crippen LogP contribution in [-0.4, -0.2) is 70.4 Å². The smallest absolute Gasteiger partial charge is 0.285 e. The second kappa shape index (κ2) is 9.63. The van der Waals surface area contributed by atoms with Crippen molar-refractivity contribution in [2.24, 2.45) is 0 Å². The van der Waals surface area contributed by atoms with Crippen LogP contribution in [0.15, 0.2) is 47.9 Å². The Morgan fingerprint density at radius 1 is 1.02 bits per heavy atom. The molecule has 1 spiro atoms. The first-order chi connectivity index (χ1) is 19.3. The van der Waals surface area contributed by atoms with Crippen LogP contribution in [-0.2, 0) is 20.0 Å². The number of fused-ring (bicyclic) bond motifs is 1. The van der Waals surface area contributed by atoms with Crippen LogP contribution in [0.1, 0.15) is 33.1 Å². The average Bonchev–Trinajstić information content (AvgIpc) is 3.55. The van der Waals surface area contributed by atoms with Crippen molar-refractivity contribution in [3.63, 3.8) is 0 Å². The van der Waals surface area contributed by atoms with Crippen LogP contribution < -0.4 is 9.80 Å². The molecule has 0 N–H and O–H groups in total. The topological polar surface area (TPSA) is 123 Å². The molecular formula is C25H26ClF2N7O4S2. The Kier molecular flexibility index (Phi) is 6.54. The zero-order valence-electron chi connectivity index (χ0n) is 22.1. The SMILES string of the molecule is CC(C)S(=O)(=O)n1ccc(S(=O)(=O)n2nc(N3CCN(c4ncc(F)cn4)CC34CCC4)c3c(Cl)cc(F)cc32)c1. The quantitative estimate of drug-likeness (QED) is 0.316. The predicted molar refractivity (Wildman–Crippen MR) is 149 cm³/mol. The standard InChI is InChI=1S/C25H26ClF2N7O4S2/c1-16(2)40(36,37)33-7-4-19(14-33)41(38,39)35-21-11-17(27)10-20(26)22(21)23(31-35)34-9-8-32(15-25(34)5-3-6-25)24-29-12-18(28)13-30-24/h4,7,10-14,16H,3,5-6,8-9,15H2,1-2H3. The lowest BCUT2D eigenvalue weighted by molar-refractivity contribution is 0.213. The molecule has 1 saturated carbocycles. The normalized spacial score (nSPS) is 17.5. The van der Waals surface area contributed by atoms with Crippen LogP contribution in [0.5, 0.6) is 0 Å². The highest BCUT2D eigenvalue weighted by Gasteiger charge is 2.48. The lowest BCUT2D eigenvalue weighted by Gasteiger charge is -2.56. The summed E-state index contributed by atoms with van der Waals surface area (Å²) in [6.07, 6.45) is 6.83. The van der Waals surface area contributed by atoms with Crippen LogP contribution in [0.3, 0.4) is 0 Å². The molecule has 0 atom stereocenters. The molecular weight excluding hydrogens is 600 g/mol. The van der Waals surface area contributed by atoms with E-state index in [1.165, 1.54) is 13.8 Å². The maximum atomic E-state index is 14.6. The van der Waals surface area contributed by atoms with E-state index in [9.17, 15) is 25.6 Å². The number of aromatic nitrogens is 5. The zero-order chi connectivity index (χ0) is 29.3. The van der Waals surface area contributed by atoms with Gasteiger partial charge < -0.3 is 9.80 Å². The monoisotopic (exact) mass is 625 g/mol. The van der Waals surface area contributed by atoms with Crippen molar-refractivity contribution in [3.8, 4) is 0 Å². The summed E-state index contributed by atoms with van der Waals surface area (Å²) in [5, 5.41) is 3.98. The van der Waals surface area contributed by atoms with Gasteiger partial charge in [0.05, 0.1) is 39.1 Å². The second-order valence-corrected chi connectivity index (χ2v) is 15.1. The lowest BCUT2D eigenvalue weighted by atomic mass is 9.73. The predicted octanol–water partition coefficient (Wildman–Crippen LogP) is 3.63. The molecule has 16 heteroatoms. The van der Waals surface area contributed by atoms with Gasteiger partial charge >= 0.3 is 0 Å². The minimum atomic E-state index is -4.46. The number of hydrogen-bond donors (Lipinski definition) is 0. The Balaban J connectivity index is 1.45. The van der Waals surface area contributed by atoms with Gasteiger partial charge in [0, 0.05) is 38.1 Å². The van der Waals surface area contributed by atoms with E-state index >= 15 is 0 Å². The maximum absolute atomic E-state index is 14.6. The van der Waals surface area contributed by atoms with Gasteiger partial charge in [0.1, 0.15) is 10.7 Å². The molecule has 0 amide bonds. The highest BCUT2D eigenvalue weighted by Crippen LogP contribution is 2.46. The van der Waals surface area contributed by atoms with Crippen LogP contribution >= 0.6 is 11.6 Å². The van der Waals surface area contributed by atoms with E-state index in [2.05, 4.69) is 15.1 Å². The Morgan fingerprint density at radius 3 is 2.37 bits per heavy atom. The number of benzene rings is 1. The number of anilines is 2. The third-order valence-electron chi connectivity index (χ3n) is 7.79. The van der Waals surface area contributed by atoms with Gasteiger partial charge in [-0.05, 0) is 45.2 Å². The summed E-state index contributed by atoms with van der Waals surface area (Å²) >= 11 is 6.52. The summed E-state index contributed by atoms with van der Waals surface area (Å²) in [7, 11) is -8.27. The zero-order valence-corrected chi connectivity index (χ0v) is 24.5. The van der Waals surface area contributed by atoms with E-state index in [1.807, 2.05) is 9.80 Å². The van der Waals surface area contributed by atoms with Gasteiger partial charge in [0.25, 0.3) is 10.0 Å². The van der Waals surface area contributed by atoms with Gasteiger partial charge in [-0.15, -0.1) is 5.10 Å². The summed E-state index contributed by atoms with van der Waals surface area (Å²) in [5.41, 5.74) is -0.527. The molecule has 0 radical (unpaired) electrons. The molecule has 4 aromatic rings. The summed E-state index contributed by atoms with van der Waals surface area (Å²) in [6.45, 7) is 4.28. The van der Waals surface area contributed by atoms with Crippen molar-refractivity contribution in [2.45, 2.75) is 48.8 Å². The molecule has 2 fully saturated rings. The van der Waals surface area contributed by atoms with E-state index in [1.54, 1.807) is 0 Å². The van der Waals surface area contributed by atoms with Crippen molar-refractivity contribution in [3.05, 3.63) is 59.6 Å². The molecule has 2 aliphatic rings. The Bertz CT molecular complexity index is 1870. The highest BCUT2D eigenvalue weighted by molar-refractivity contribution is 7.91. The molecule has 1 aliphatic heterocycles. The minimum Gasteiger partial charge on any atom is -0.345 e. The molecule has 6 rings (SSSR count). The number of rotatable bonds is 6. The molecule has 41 heavy (non-hydrogen) atoms. The summed E-state index contributed by atoms with van der Waals surface area (Å²) in [4.78, 5) is 11.9. The van der Waals surface area contributed by atoms with Gasteiger partial charge in [0.15, 0.2) is 11.6 Å². The van der Waals surface area contributed by atoms with Gasteiger partial charge in [-0.25, -0.2) is 27.2 Å². The largest absolute Gasteiger partial charge is 0.345 e. The van der Waals surface area contributed by atoms with Crippen LogP contribution in [0.2, 0.25) is 5.02 Å². The first-order valence-corrected chi connectivity index (χ1v) is 16.2. The van der Waals surface area contributed by atoms with Crippen LogP contribution in [0.25, 0.3) is 10.9 Å². The molecule has 3 aromatic heterocycles. The number of hydrogen-bond acceptors (Lipinski definition) is 9. The molecule has 4 heterocycles. The third-order valence-corrected chi connectivity index (χ3v) is 11.7. The third kappa shape index (κ3) is 4.45. The van der Waals surface area contributed by atoms with E-state index in [4.69, 9.17) is 11.6 Å². The fourth-order valence-electron chi connectivity index (χ4n) is 5.47. The molecule has 218 valence electrons. The molecule has 1 aliphatic carbocycles. The van der Waals surface area contributed by atoms with Gasteiger partial charge in [0.2, 0.25) is 16.0 Å². The molecule has 1 saturated heterocycles. The van der Waals surface area contributed by atoms with Gasteiger partial charge in [-0.3, -0.25) is 3.97 Å². The molecule has 0 unspecified atom stereocenters. The molecule has 0 bridgehead atoms. The minimum absolute atomic E-state index is 0.00447. The molecule has 11 nitrogen and oxygen atoms in total. The van der Waals surface area contributed by atoms with Gasteiger partial charge in [-0.1, -0.05) is 11.6 Å². The Hall–Kier alpha value is -3.30. The number of halogens is 3. The van der Waals surface area contributed by atoms with Crippen molar-refractivity contribution in [2.75, 3.05) is 29.4 Å². The average molecular weight is 626 g/mol. The Labute approximate surface area is 240 Å². The summed E-state index contributed by atoms with van der Waals surface area (Å²) < 4.78 is 82.5. The van der Waals surface area contributed by atoms with Crippen molar-refractivity contribution >= 4 is 54.3 Å². The highest BCUT2D eigenvalue weighted by atomic mass is 35.5. The summed E-state index contributed by atoms with van der Waals surface area (Å²) in [5.74, 6) is -0.622. The van der Waals surface area contributed by atoms with Crippen molar-refractivity contribution < 1.29 is 25.6 Å². The van der Waals surface area contributed by atoms with E-state index in [0.717, 1.165) is 70.3 Å². The van der Waals surface area contributed by atoms with Crippen molar-refractivity contribution in [1.82, 2.24) is 23.1 Å². The fraction of sp³-hybridized carbons (Fsp3) is 0.400.